The number of rotatable bonds is 6. The number of hydrogen-bond donors (Lipinski definition) is 0. The molecule has 0 saturated heterocycles. The summed E-state index contributed by atoms with van der Waals surface area (Å²) in [7, 11) is 0. The van der Waals surface area contributed by atoms with Crippen LogP contribution < -0.4 is 0 Å². The van der Waals surface area contributed by atoms with Crippen molar-refractivity contribution in [2.45, 2.75) is 52.1 Å². The van der Waals surface area contributed by atoms with Crippen LogP contribution in [0.1, 0.15) is 45.1 Å². The van der Waals surface area contributed by atoms with E-state index in [0.717, 1.165) is 11.9 Å². The van der Waals surface area contributed by atoms with Gasteiger partial charge in [-0.05, 0) is 37.7 Å². The van der Waals surface area contributed by atoms with Crippen LogP contribution in [-0.2, 0) is 6.54 Å². The third-order valence-electron chi connectivity index (χ3n) is 4.44. The summed E-state index contributed by atoms with van der Waals surface area (Å²) in [5, 5.41) is 1.15. The fourth-order valence-electron chi connectivity index (χ4n) is 3.13. The maximum atomic E-state index is 3.77. The fraction of sp³-hybridized carbons (Fsp3) is 0.647. The van der Waals surface area contributed by atoms with Crippen molar-refractivity contribution in [1.29, 1.82) is 0 Å². The second-order valence-corrected chi connectivity index (χ2v) is 6.89. The summed E-state index contributed by atoms with van der Waals surface area (Å²) in [6.45, 7) is 6.94. The van der Waals surface area contributed by atoms with Crippen LogP contribution in [0.2, 0.25) is 0 Å². The van der Waals surface area contributed by atoms with Crippen molar-refractivity contribution in [3.8, 4) is 0 Å². The Kier molecular flexibility index (Phi) is 5.47. The highest BCUT2D eigenvalue weighted by Crippen LogP contribution is 2.40. The molecule has 0 N–H and O–H groups in total. The predicted molar refractivity (Wildman–Crippen MR) is 86.7 cm³/mol. The first-order chi connectivity index (χ1) is 9.15. The summed E-state index contributed by atoms with van der Waals surface area (Å²) in [6.07, 6.45) is 5.58. The lowest BCUT2D eigenvalue weighted by atomic mass is 9.87. The van der Waals surface area contributed by atoms with Crippen molar-refractivity contribution in [3.63, 3.8) is 0 Å². The summed E-state index contributed by atoms with van der Waals surface area (Å²) in [6, 6.07) is 11.5. The van der Waals surface area contributed by atoms with Crippen LogP contribution in [0.4, 0.5) is 0 Å². The van der Waals surface area contributed by atoms with Gasteiger partial charge in [-0.15, -0.1) is 0 Å². The quantitative estimate of drug-likeness (QED) is 0.676. The summed E-state index contributed by atoms with van der Waals surface area (Å²) >= 11 is 3.77. The minimum atomic E-state index is 0.513. The smallest absolute Gasteiger partial charge is 0.0236 e. The zero-order valence-electron chi connectivity index (χ0n) is 12.2. The van der Waals surface area contributed by atoms with Gasteiger partial charge in [0.15, 0.2) is 0 Å². The second-order valence-electron chi connectivity index (χ2n) is 6.33. The van der Waals surface area contributed by atoms with Crippen LogP contribution in [0.5, 0.6) is 0 Å². The number of halogens is 1. The second kappa shape index (κ2) is 6.90. The van der Waals surface area contributed by atoms with Crippen LogP contribution in [0.25, 0.3) is 0 Å². The van der Waals surface area contributed by atoms with E-state index < -0.39 is 0 Å². The molecule has 0 aliphatic heterocycles. The number of benzene rings is 1. The van der Waals surface area contributed by atoms with Crippen molar-refractivity contribution >= 4 is 15.9 Å². The van der Waals surface area contributed by atoms with Crippen molar-refractivity contribution in [1.82, 2.24) is 4.90 Å². The Morgan fingerprint density at radius 3 is 2.32 bits per heavy atom. The maximum absolute atomic E-state index is 3.77. The Balaban J connectivity index is 2.04. The Bertz CT molecular complexity index is 368. The molecule has 0 spiro atoms. The molecule has 0 radical (unpaired) electrons. The van der Waals surface area contributed by atoms with E-state index in [0.29, 0.717) is 11.5 Å². The van der Waals surface area contributed by atoms with E-state index in [9.17, 15) is 0 Å². The van der Waals surface area contributed by atoms with Gasteiger partial charge in [0.25, 0.3) is 0 Å². The Labute approximate surface area is 126 Å². The van der Waals surface area contributed by atoms with E-state index in [1.165, 1.54) is 37.8 Å². The lowest BCUT2D eigenvalue weighted by Crippen LogP contribution is -2.40. The molecule has 1 aliphatic carbocycles. The summed E-state index contributed by atoms with van der Waals surface area (Å²) in [5.74, 6) is 0. The van der Waals surface area contributed by atoms with Crippen molar-refractivity contribution in [2.75, 3.05) is 11.9 Å². The Morgan fingerprint density at radius 1 is 1.16 bits per heavy atom. The molecule has 0 atom stereocenters. The third kappa shape index (κ3) is 4.06. The van der Waals surface area contributed by atoms with Gasteiger partial charge < -0.3 is 0 Å². The molecule has 1 fully saturated rings. The molecule has 2 heteroatoms. The minimum absolute atomic E-state index is 0.513. The van der Waals surface area contributed by atoms with Crippen LogP contribution in [0.3, 0.4) is 0 Å². The molecule has 1 saturated carbocycles. The molecule has 1 nitrogen and oxygen atoms in total. The SMILES string of the molecule is CC(C)N(Cc1ccccc1)CC1(CBr)CCCC1. The molecule has 1 aliphatic rings. The molecule has 0 heterocycles. The van der Waals surface area contributed by atoms with E-state index in [-0.39, 0.29) is 0 Å². The first kappa shape index (κ1) is 15.1. The van der Waals surface area contributed by atoms with E-state index in [1.807, 2.05) is 0 Å². The number of alkyl halides is 1. The normalized spacial score (nSPS) is 18.4. The molecule has 19 heavy (non-hydrogen) atoms. The first-order valence-corrected chi connectivity index (χ1v) is 8.61. The molecular weight excluding hydrogens is 298 g/mol. The van der Waals surface area contributed by atoms with Crippen molar-refractivity contribution in [3.05, 3.63) is 35.9 Å². The highest BCUT2D eigenvalue weighted by atomic mass is 79.9. The van der Waals surface area contributed by atoms with Crippen molar-refractivity contribution < 1.29 is 0 Å². The van der Waals surface area contributed by atoms with E-state index >= 15 is 0 Å². The van der Waals surface area contributed by atoms with Crippen LogP contribution in [-0.4, -0.2) is 22.8 Å². The molecule has 1 aromatic carbocycles. The van der Waals surface area contributed by atoms with Gasteiger partial charge in [-0.2, -0.15) is 0 Å². The van der Waals surface area contributed by atoms with Gasteiger partial charge in [0.2, 0.25) is 0 Å². The van der Waals surface area contributed by atoms with Gasteiger partial charge >= 0.3 is 0 Å². The molecule has 106 valence electrons. The average Bonchev–Trinajstić information content (AvgIpc) is 2.88. The summed E-state index contributed by atoms with van der Waals surface area (Å²) in [4.78, 5) is 2.64. The summed E-state index contributed by atoms with van der Waals surface area (Å²) in [5.41, 5.74) is 1.94. The first-order valence-electron chi connectivity index (χ1n) is 7.49. The zero-order chi connectivity index (χ0) is 13.7. The van der Waals surface area contributed by atoms with Crippen LogP contribution >= 0.6 is 15.9 Å². The fourth-order valence-corrected chi connectivity index (χ4v) is 3.87. The third-order valence-corrected chi connectivity index (χ3v) is 5.63. The Hall–Kier alpha value is -0.340. The molecule has 0 amide bonds. The largest absolute Gasteiger partial charge is 0.296 e. The minimum Gasteiger partial charge on any atom is -0.296 e. The topological polar surface area (TPSA) is 3.24 Å². The van der Waals surface area contributed by atoms with Gasteiger partial charge in [0.05, 0.1) is 0 Å². The lowest BCUT2D eigenvalue weighted by Gasteiger charge is -2.36. The standard InChI is InChI=1S/C17H26BrN/c1-15(2)19(12-16-8-4-3-5-9-16)14-17(13-18)10-6-7-11-17/h3-5,8-9,15H,6-7,10-14H2,1-2H3. The lowest BCUT2D eigenvalue weighted by molar-refractivity contribution is 0.132. The van der Waals surface area contributed by atoms with Gasteiger partial charge in [-0.25, -0.2) is 0 Å². The predicted octanol–water partition coefficient (Wildman–Crippen LogP) is 4.85. The van der Waals surface area contributed by atoms with E-state index in [2.05, 4.69) is 65.0 Å². The highest BCUT2D eigenvalue weighted by molar-refractivity contribution is 9.09. The van der Waals surface area contributed by atoms with Crippen molar-refractivity contribution in [2.24, 2.45) is 5.41 Å². The van der Waals surface area contributed by atoms with E-state index in [4.69, 9.17) is 0 Å². The van der Waals surface area contributed by atoms with Gasteiger partial charge in [0.1, 0.15) is 0 Å². The molecular formula is C17H26BrN. The monoisotopic (exact) mass is 323 g/mol. The van der Waals surface area contributed by atoms with Gasteiger partial charge in [-0.1, -0.05) is 59.1 Å². The zero-order valence-corrected chi connectivity index (χ0v) is 13.8. The molecule has 0 aromatic heterocycles. The van der Waals surface area contributed by atoms with Crippen LogP contribution in [0.15, 0.2) is 30.3 Å². The molecule has 0 bridgehead atoms. The molecule has 2 rings (SSSR count). The average molecular weight is 324 g/mol. The molecule has 1 aromatic rings. The Morgan fingerprint density at radius 2 is 1.79 bits per heavy atom. The van der Waals surface area contributed by atoms with Gasteiger partial charge in [-0.3, -0.25) is 4.90 Å². The maximum Gasteiger partial charge on any atom is 0.0236 e. The number of hydrogen-bond acceptors (Lipinski definition) is 1. The summed E-state index contributed by atoms with van der Waals surface area (Å²) < 4.78 is 0. The van der Waals surface area contributed by atoms with E-state index in [1.54, 1.807) is 0 Å². The molecule has 0 unspecified atom stereocenters. The number of nitrogens with zero attached hydrogens (tertiary/aromatic N) is 1. The van der Waals surface area contributed by atoms with Crippen LogP contribution in [0, 0.1) is 5.41 Å². The highest BCUT2D eigenvalue weighted by Gasteiger charge is 2.35. The van der Waals surface area contributed by atoms with Gasteiger partial charge in [0, 0.05) is 24.5 Å².